The monoisotopic (exact) mass is 660 g/mol. The van der Waals surface area contributed by atoms with Crippen molar-refractivity contribution in [2.24, 2.45) is 0 Å². The topological polar surface area (TPSA) is 105 Å². The zero-order valence-electron chi connectivity index (χ0n) is 27.5. The highest BCUT2D eigenvalue weighted by molar-refractivity contribution is 6.12. The average molecular weight is 661 g/mol. The molecule has 2 heterocycles. The van der Waals surface area contributed by atoms with Gasteiger partial charge < -0.3 is 9.13 Å². The van der Waals surface area contributed by atoms with Crippen LogP contribution in [0.4, 0.5) is 0 Å². The predicted molar refractivity (Wildman–Crippen MR) is 205 cm³/mol. The molecule has 0 aliphatic heterocycles. The van der Waals surface area contributed by atoms with Crippen LogP contribution in [0.25, 0.3) is 77.2 Å². The van der Waals surface area contributed by atoms with Gasteiger partial charge in [-0.2, -0.15) is 21.0 Å². The van der Waals surface area contributed by atoms with E-state index in [1.165, 1.54) is 0 Å². The fourth-order valence-electron chi connectivity index (χ4n) is 7.70. The van der Waals surface area contributed by atoms with Crippen molar-refractivity contribution in [3.8, 4) is 57.9 Å². The quantitative estimate of drug-likeness (QED) is 0.187. The smallest absolute Gasteiger partial charge is 0.0992 e. The van der Waals surface area contributed by atoms with E-state index in [4.69, 9.17) is 0 Å². The second-order valence-corrected chi connectivity index (χ2v) is 12.6. The van der Waals surface area contributed by atoms with Crippen LogP contribution in [0.15, 0.2) is 146 Å². The lowest BCUT2D eigenvalue weighted by molar-refractivity contribution is 1.15. The molecular formula is C46H24N6. The molecule has 0 atom stereocenters. The lowest BCUT2D eigenvalue weighted by atomic mass is 9.88. The van der Waals surface area contributed by atoms with E-state index in [2.05, 4.69) is 94.1 Å². The number of hydrogen-bond donors (Lipinski definition) is 0. The largest absolute Gasteiger partial charge is 0.309 e. The van der Waals surface area contributed by atoms with E-state index in [0.29, 0.717) is 33.4 Å². The number of rotatable bonds is 4. The van der Waals surface area contributed by atoms with Crippen molar-refractivity contribution in [3.63, 3.8) is 0 Å². The molecule has 0 N–H and O–H groups in total. The van der Waals surface area contributed by atoms with Gasteiger partial charge in [0.15, 0.2) is 0 Å². The predicted octanol–water partition coefficient (Wildman–Crippen LogP) is 10.7. The Kier molecular flexibility index (Phi) is 6.91. The first kappa shape index (κ1) is 30.2. The average Bonchev–Trinajstić information content (AvgIpc) is 3.72. The minimum Gasteiger partial charge on any atom is -0.309 e. The highest BCUT2D eigenvalue weighted by Crippen LogP contribution is 2.46. The number of nitriles is 4. The van der Waals surface area contributed by atoms with E-state index in [0.717, 1.165) is 66.1 Å². The summed E-state index contributed by atoms with van der Waals surface area (Å²) in [7, 11) is 0. The van der Waals surface area contributed by atoms with Crippen LogP contribution in [0, 0.1) is 45.3 Å². The molecule has 0 saturated heterocycles. The molecule has 238 valence electrons. The van der Waals surface area contributed by atoms with Crippen LogP contribution >= 0.6 is 0 Å². The zero-order chi connectivity index (χ0) is 35.3. The fraction of sp³-hybridized carbons (Fsp3) is 0. The summed E-state index contributed by atoms with van der Waals surface area (Å²) in [5.74, 6) is 0. The van der Waals surface area contributed by atoms with Crippen LogP contribution < -0.4 is 0 Å². The minimum atomic E-state index is 0.346. The Bertz CT molecular complexity index is 2750. The summed E-state index contributed by atoms with van der Waals surface area (Å²) in [5, 5.41) is 45.1. The normalized spacial score (nSPS) is 11.0. The lowest BCUT2D eigenvalue weighted by Gasteiger charge is -2.23. The molecule has 0 bridgehead atoms. The molecule has 0 unspecified atom stereocenters. The van der Waals surface area contributed by atoms with Gasteiger partial charge in [-0.05, 0) is 83.9 Å². The Hall–Kier alpha value is -7.90. The summed E-state index contributed by atoms with van der Waals surface area (Å²) in [6.07, 6.45) is 0. The van der Waals surface area contributed by atoms with E-state index in [-0.39, 0.29) is 0 Å². The van der Waals surface area contributed by atoms with E-state index < -0.39 is 0 Å². The van der Waals surface area contributed by atoms with Gasteiger partial charge in [0.05, 0.1) is 80.0 Å². The number of para-hydroxylation sites is 4. The number of benzene rings is 7. The van der Waals surface area contributed by atoms with Gasteiger partial charge in [0.2, 0.25) is 0 Å². The van der Waals surface area contributed by atoms with Crippen LogP contribution in [0.3, 0.4) is 0 Å². The molecule has 9 aromatic rings. The molecule has 0 saturated carbocycles. The minimum absolute atomic E-state index is 0.346. The van der Waals surface area contributed by atoms with Gasteiger partial charge in [-0.1, -0.05) is 72.8 Å². The van der Waals surface area contributed by atoms with Gasteiger partial charge in [-0.25, -0.2) is 0 Å². The summed E-state index contributed by atoms with van der Waals surface area (Å²) in [4.78, 5) is 0. The van der Waals surface area contributed by atoms with Gasteiger partial charge >= 0.3 is 0 Å². The number of fused-ring (bicyclic) bond motifs is 6. The van der Waals surface area contributed by atoms with Crippen molar-refractivity contribution in [2.45, 2.75) is 0 Å². The third kappa shape index (κ3) is 4.54. The SMILES string of the molecule is N#Cc1cc(C#N)cc(-c2c(-n3c4ccccc4c4ccccc43)ccc(-n3c4ccccc4c4ccccc43)c2-c2cc(C#N)cc(C#N)c2)c1. The summed E-state index contributed by atoms with van der Waals surface area (Å²) < 4.78 is 4.45. The second kappa shape index (κ2) is 11.9. The van der Waals surface area contributed by atoms with Crippen molar-refractivity contribution in [3.05, 3.63) is 168 Å². The Morgan fingerprint density at radius 1 is 0.327 bits per heavy atom. The number of nitrogens with zero attached hydrogens (tertiary/aromatic N) is 6. The highest BCUT2D eigenvalue weighted by Gasteiger charge is 2.25. The van der Waals surface area contributed by atoms with Gasteiger partial charge in [-0.15, -0.1) is 0 Å². The summed E-state index contributed by atoms with van der Waals surface area (Å²) >= 11 is 0. The van der Waals surface area contributed by atoms with E-state index in [1.807, 2.05) is 72.8 Å². The molecule has 6 heteroatoms. The first-order valence-electron chi connectivity index (χ1n) is 16.7. The highest BCUT2D eigenvalue weighted by atomic mass is 15.0. The van der Waals surface area contributed by atoms with Gasteiger partial charge in [0, 0.05) is 32.7 Å². The molecule has 0 aliphatic rings. The zero-order valence-corrected chi connectivity index (χ0v) is 27.5. The molecule has 0 radical (unpaired) electrons. The van der Waals surface area contributed by atoms with E-state index in [1.54, 1.807) is 12.1 Å². The molecule has 0 amide bonds. The van der Waals surface area contributed by atoms with Crippen molar-refractivity contribution in [2.75, 3.05) is 0 Å². The van der Waals surface area contributed by atoms with Gasteiger partial charge in [0.25, 0.3) is 0 Å². The van der Waals surface area contributed by atoms with Gasteiger partial charge in [0.1, 0.15) is 0 Å². The Balaban J connectivity index is 1.55. The maximum absolute atomic E-state index is 10.2. The summed E-state index contributed by atoms with van der Waals surface area (Å²) in [6.45, 7) is 0. The molecule has 7 aromatic carbocycles. The fourth-order valence-corrected chi connectivity index (χ4v) is 7.70. The third-order valence-corrected chi connectivity index (χ3v) is 9.76. The van der Waals surface area contributed by atoms with Crippen molar-refractivity contribution < 1.29 is 0 Å². The van der Waals surface area contributed by atoms with E-state index in [9.17, 15) is 21.0 Å². The maximum Gasteiger partial charge on any atom is 0.0992 e. The molecule has 52 heavy (non-hydrogen) atoms. The second-order valence-electron chi connectivity index (χ2n) is 12.6. The molecule has 0 fully saturated rings. The first-order chi connectivity index (χ1) is 25.6. The first-order valence-corrected chi connectivity index (χ1v) is 16.7. The summed E-state index contributed by atoms with van der Waals surface area (Å²) in [5.41, 5.74) is 9.78. The standard InChI is InChI=1S/C46H24N6/c47-25-29-19-30(26-48)22-33(21-29)45-43(51-39-13-5-1-9-35(39)36-10-2-6-14-40(36)51)17-18-44(46(45)34-23-31(27-49)20-32(24-34)28-50)52-41-15-7-3-11-37(41)38-12-4-8-16-42(38)52/h1-24H. The van der Waals surface area contributed by atoms with Crippen molar-refractivity contribution in [1.29, 1.82) is 21.0 Å². The summed E-state index contributed by atoms with van der Waals surface area (Å²) in [6, 6.07) is 56.7. The van der Waals surface area contributed by atoms with Crippen LogP contribution in [0.2, 0.25) is 0 Å². The molecule has 0 spiro atoms. The van der Waals surface area contributed by atoms with Crippen LogP contribution in [0.1, 0.15) is 22.3 Å². The maximum atomic E-state index is 10.2. The molecule has 9 rings (SSSR count). The lowest BCUT2D eigenvalue weighted by Crippen LogP contribution is -2.05. The van der Waals surface area contributed by atoms with Crippen molar-refractivity contribution >= 4 is 43.6 Å². The van der Waals surface area contributed by atoms with Gasteiger partial charge in [-0.3, -0.25) is 0 Å². The third-order valence-electron chi connectivity index (χ3n) is 9.76. The Morgan fingerprint density at radius 3 is 0.865 bits per heavy atom. The van der Waals surface area contributed by atoms with Crippen molar-refractivity contribution in [1.82, 2.24) is 9.13 Å². The Morgan fingerprint density at radius 2 is 0.596 bits per heavy atom. The Labute approximate surface area is 298 Å². The molecule has 6 nitrogen and oxygen atoms in total. The molecule has 2 aromatic heterocycles. The molecule has 0 aliphatic carbocycles. The van der Waals surface area contributed by atoms with Crippen LogP contribution in [-0.4, -0.2) is 9.13 Å². The van der Waals surface area contributed by atoms with Crippen LogP contribution in [-0.2, 0) is 0 Å². The van der Waals surface area contributed by atoms with Crippen LogP contribution in [0.5, 0.6) is 0 Å². The number of hydrogen-bond acceptors (Lipinski definition) is 4. The van der Waals surface area contributed by atoms with E-state index >= 15 is 0 Å². The molecular weight excluding hydrogens is 637 g/mol. The number of aromatic nitrogens is 2.